The highest BCUT2D eigenvalue weighted by molar-refractivity contribution is 6.46. The summed E-state index contributed by atoms with van der Waals surface area (Å²) in [5.41, 5.74) is 6.69. The number of anilines is 2. The Hall–Kier alpha value is -3.86. The van der Waals surface area contributed by atoms with E-state index < -0.39 is 0 Å². The van der Waals surface area contributed by atoms with E-state index in [1.165, 1.54) is 4.90 Å². The van der Waals surface area contributed by atoms with Crippen LogP contribution in [0, 0.1) is 27.7 Å². The van der Waals surface area contributed by atoms with Gasteiger partial charge in [0.15, 0.2) is 0 Å². The highest BCUT2D eigenvalue weighted by Crippen LogP contribution is 2.37. The molecule has 168 valence electrons. The summed E-state index contributed by atoms with van der Waals surface area (Å²) in [7, 11) is 0. The molecule has 0 fully saturated rings. The number of amides is 2. The summed E-state index contributed by atoms with van der Waals surface area (Å²) in [6.45, 7) is 10.4. The lowest BCUT2D eigenvalue weighted by atomic mass is 9.97. The third-order valence-electron chi connectivity index (χ3n) is 5.99. The van der Waals surface area contributed by atoms with Gasteiger partial charge in [-0.25, -0.2) is 4.90 Å². The van der Waals surface area contributed by atoms with Crippen LogP contribution in [0.1, 0.15) is 34.7 Å². The number of hydrogen-bond acceptors (Lipinski definition) is 4. The van der Waals surface area contributed by atoms with E-state index in [1.54, 1.807) is 0 Å². The summed E-state index contributed by atoms with van der Waals surface area (Å²) in [5.74, 6) is 0.0594. The van der Waals surface area contributed by atoms with Gasteiger partial charge in [0.1, 0.15) is 11.4 Å². The van der Waals surface area contributed by atoms with Crippen molar-refractivity contribution in [1.82, 2.24) is 0 Å². The largest absolute Gasteiger partial charge is 0.494 e. The fourth-order valence-corrected chi connectivity index (χ4v) is 4.13. The Morgan fingerprint density at radius 1 is 0.848 bits per heavy atom. The molecule has 1 heterocycles. The Balaban J connectivity index is 1.83. The van der Waals surface area contributed by atoms with E-state index in [4.69, 9.17) is 4.74 Å². The van der Waals surface area contributed by atoms with Crippen molar-refractivity contribution in [2.75, 3.05) is 16.8 Å². The highest BCUT2D eigenvalue weighted by atomic mass is 16.5. The Bertz CT molecular complexity index is 1270. The number of nitrogens with zero attached hydrogens (tertiary/aromatic N) is 1. The molecule has 3 aromatic rings. The van der Waals surface area contributed by atoms with Gasteiger partial charge in [-0.1, -0.05) is 35.9 Å². The van der Waals surface area contributed by atoms with Gasteiger partial charge in [0.05, 0.1) is 17.9 Å². The van der Waals surface area contributed by atoms with Gasteiger partial charge in [0.2, 0.25) is 0 Å². The number of benzene rings is 3. The molecule has 0 spiro atoms. The Labute approximate surface area is 194 Å². The summed E-state index contributed by atoms with van der Waals surface area (Å²) in [4.78, 5) is 28.7. The molecule has 5 heteroatoms. The van der Waals surface area contributed by atoms with Gasteiger partial charge in [-0.2, -0.15) is 0 Å². The van der Waals surface area contributed by atoms with Crippen molar-refractivity contribution in [2.24, 2.45) is 0 Å². The van der Waals surface area contributed by atoms with Gasteiger partial charge in [-0.05, 0) is 87.2 Å². The molecule has 0 saturated heterocycles. The van der Waals surface area contributed by atoms with E-state index in [0.29, 0.717) is 23.6 Å². The SMILES string of the molecule is CCOc1ccc(NC2=C(c3ccc(C)cc3C)C(=O)N(c3cccc(C)c3C)C2=O)cc1. The molecule has 1 aliphatic heterocycles. The fourth-order valence-electron chi connectivity index (χ4n) is 4.13. The van der Waals surface area contributed by atoms with Crippen LogP contribution in [0.25, 0.3) is 5.57 Å². The van der Waals surface area contributed by atoms with Crippen LogP contribution < -0.4 is 15.0 Å². The van der Waals surface area contributed by atoms with Gasteiger partial charge in [-0.15, -0.1) is 0 Å². The van der Waals surface area contributed by atoms with Crippen LogP contribution in [0.4, 0.5) is 11.4 Å². The number of carbonyl (C=O) groups is 2. The maximum Gasteiger partial charge on any atom is 0.282 e. The summed E-state index contributed by atoms with van der Waals surface area (Å²) in [5, 5.41) is 3.23. The average Bonchev–Trinajstić information content (AvgIpc) is 3.01. The van der Waals surface area contributed by atoms with Crippen molar-refractivity contribution < 1.29 is 14.3 Å². The molecule has 4 rings (SSSR count). The molecule has 1 aliphatic rings. The molecule has 0 unspecified atom stereocenters. The van der Waals surface area contributed by atoms with Crippen LogP contribution in [0.3, 0.4) is 0 Å². The fraction of sp³-hybridized carbons (Fsp3) is 0.214. The van der Waals surface area contributed by atoms with E-state index in [1.807, 2.05) is 95.3 Å². The zero-order valence-corrected chi connectivity index (χ0v) is 19.7. The van der Waals surface area contributed by atoms with Crippen LogP contribution in [-0.2, 0) is 9.59 Å². The predicted molar refractivity (Wildman–Crippen MR) is 132 cm³/mol. The summed E-state index contributed by atoms with van der Waals surface area (Å²) in [6, 6.07) is 18.9. The predicted octanol–water partition coefficient (Wildman–Crippen LogP) is 5.72. The lowest BCUT2D eigenvalue weighted by molar-refractivity contribution is -0.120. The van der Waals surface area contributed by atoms with E-state index in [2.05, 4.69) is 5.32 Å². The number of carbonyl (C=O) groups excluding carboxylic acids is 2. The molecule has 0 bridgehead atoms. The molecular formula is C28H28N2O3. The molecule has 3 aromatic carbocycles. The number of nitrogens with one attached hydrogen (secondary N) is 1. The second-order valence-corrected chi connectivity index (χ2v) is 8.32. The van der Waals surface area contributed by atoms with Crippen LogP contribution >= 0.6 is 0 Å². The van der Waals surface area contributed by atoms with Gasteiger partial charge in [0.25, 0.3) is 11.8 Å². The Morgan fingerprint density at radius 2 is 1.58 bits per heavy atom. The second kappa shape index (κ2) is 8.94. The number of ether oxygens (including phenoxy) is 1. The molecule has 0 saturated carbocycles. The third kappa shape index (κ3) is 4.14. The number of imide groups is 1. The van der Waals surface area contributed by atoms with Gasteiger partial charge in [-0.3, -0.25) is 9.59 Å². The minimum Gasteiger partial charge on any atom is -0.494 e. The highest BCUT2D eigenvalue weighted by Gasteiger charge is 2.41. The van der Waals surface area contributed by atoms with Crippen molar-refractivity contribution in [3.05, 3.63) is 94.2 Å². The molecule has 0 atom stereocenters. The summed E-state index contributed by atoms with van der Waals surface area (Å²) < 4.78 is 5.52. The molecule has 2 amide bonds. The van der Waals surface area contributed by atoms with Gasteiger partial charge >= 0.3 is 0 Å². The first kappa shape index (κ1) is 22.3. The quantitative estimate of drug-likeness (QED) is 0.499. The topological polar surface area (TPSA) is 58.6 Å². The number of aryl methyl sites for hydroxylation is 3. The second-order valence-electron chi connectivity index (χ2n) is 8.32. The van der Waals surface area contributed by atoms with Gasteiger partial charge < -0.3 is 10.1 Å². The zero-order chi connectivity index (χ0) is 23.7. The first-order valence-electron chi connectivity index (χ1n) is 11.1. The van der Waals surface area contributed by atoms with Crippen molar-refractivity contribution >= 4 is 28.8 Å². The maximum absolute atomic E-state index is 13.7. The number of hydrogen-bond donors (Lipinski definition) is 1. The molecular weight excluding hydrogens is 412 g/mol. The molecule has 0 aromatic heterocycles. The van der Waals surface area contributed by atoms with Gasteiger partial charge in [0, 0.05) is 5.69 Å². The van der Waals surface area contributed by atoms with Crippen LogP contribution in [0.5, 0.6) is 5.75 Å². The molecule has 5 nitrogen and oxygen atoms in total. The van der Waals surface area contributed by atoms with E-state index >= 15 is 0 Å². The Kier molecular flexibility index (Phi) is 6.05. The minimum absolute atomic E-state index is 0.275. The molecule has 1 N–H and O–H groups in total. The van der Waals surface area contributed by atoms with Crippen LogP contribution in [-0.4, -0.2) is 18.4 Å². The molecule has 0 aliphatic carbocycles. The smallest absolute Gasteiger partial charge is 0.282 e. The third-order valence-corrected chi connectivity index (χ3v) is 5.99. The number of rotatable bonds is 6. The Morgan fingerprint density at radius 3 is 2.24 bits per heavy atom. The zero-order valence-electron chi connectivity index (χ0n) is 19.7. The van der Waals surface area contributed by atoms with Crippen LogP contribution in [0.2, 0.25) is 0 Å². The first-order chi connectivity index (χ1) is 15.8. The monoisotopic (exact) mass is 440 g/mol. The summed E-state index contributed by atoms with van der Waals surface area (Å²) in [6.07, 6.45) is 0. The first-order valence-corrected chi connectivity index (χ1v) is 11.1. The maximum atomic E-state index is 13.7. The van der Waals surface area contributed by atoms with Crippen molar-refractivity contribution in [2.45, 2.75) is 34.6 Å². The molecule has 33 heavy (non-hydrogen) atoms. The van der Waals surface area contributed by atoms with Crippen molar-refractivity contribution in [1.29, 1.82) is 0 Å². The lowest BCUT2D eigenvalue weighted by Gasteiger charge is -2.19. The average molecular weight is 441 g/mol. The van der Waals surface area contributed by atoms with E-state index in [0.717, 1.165) is 33.6 Å². The summed E-state index contributed by atoms with van der Waals surface area (Å²) >= 11 is 0. The standard InChI is InChI=1S/C28H28N2O3/c1-6-33-22-13-11-21(12-14-22)29-26-25(23-15-10-17(2)16-19(23)4)27(31)30(28(26)32)24-9-7-8-18(3)20(24)5/h7-16,29H,6H2,1-5H3. The van der Waals surface area contributed by atoms with Crippen LogP contribution in [0.15, 0.2) is 66.4 Å². The minimum atomic E-state index is -0.363. The van der Waals surface area contributed by atoms with Crippen molar-refractivity contribution in [3.63, 3.8) is 0 Å². The molecule has 0 radical (unpaired) electrons. The lowest BCUT2D eigenvalue weighted by Crippen LogP contribution is -2.33. The van der Waals surface area contributed by atoms with Crippen molar-refractivity contribution in [3.8, 4) is 5.75 Å². The van der Waals surface area contributed by atoms with E-state index in [9.17, 15) is 9.59 Å². The van der Waals surface area contributed by atoms with E-state index in [-0.39, 0.29) is 17.5 Å². The normalized spacial score (nSPS) is 13.7.